The first kappa shape index (κ1) is 14.0. The average Bonchev–Trinajstić information content (AvgIpc) is 3.08. The van der Waals surface area contributed by atoms with Gasteiger partial charge in [-0.3, -0.25) is 9.59 Å². The topological polar surface area (TPSA) is 66.8 Å². The molecule has 5 nitrogen and oxygen atoms in total. The summed E-state index contributed by atoms with van der Waals surface area (Å²) in [6.45, 7) is 4.12. The van der Waals surface area contributed by atoms with E-state index >= 15 is 0 Å². The van der Waals surface area contributed by atoms with Crippen LogP contribution in [0, 0.1) is 11.8 Å². The minimum Gasteiger partial charge on any atom is -0.481 e. The van der Waals surface area contributed by atoms with Gasteiger partial charge in [-0.15, -0.1) is 0 Å². The zero-order chi connectivity index (χ0) is 13.0. The Kier molecular flexibility index (Phi) is 4.93. The van der Waals surface area contributed by atoms with Crippen molar-refractivity contribution < 1.29 is 19.4 Å². The van der Waals surface area contributed by atoms with Gasteiger partial charge in [-0.1, -0.05) is 13.8 Å². The number of rotatable bonds is 7. The van der Waals surface area contributed by atoms with Crippen molar-refractivity contribution in [1.82, 2.24) is 4.90 Å². The van der Waals surface area contributed by atoms with Crippen molar-refractivity contribution in [3.8, 4) is 0 Å². The summed E-state index contributed by atoms with van der Waals surface area (Å²) in [5.74, 6) is -1.58. The third kappa shape index (κ3) is 4.00. The van der Waals surface area contributed by atoms with Crippen LogP contribution in [-0.2, 0) is 14.3 Å². The summed E-state index contributed by atoms with van der Waals surface area (Å²) in [4.78, 5) is 24.7. The molecule has 0 spiro atoms. The van der Waals surface area contributed by atoms with Gasteiger partial charge in [0.05, 0.1) is 18.4 Å². The molecule has 1 fully saturated rings. The minimum absolute atomic E-state index is 0.00227. The van der Waals surface area contributed by atoms with Crippen LogP contribution in [0.15, 0.2) is 0 Å². The molecular weight excluding hydrogens is 222 g/mol. The molecule has 1 aliphatic rings. The molecule has 2 atom stereocenters. The maximum atomic E-state index is 12.1. The quantitative estimate of drug-likeness (QED) is 0.724. The minimum atomic E-state index is -0.858. The van der Waals surface area contributed by atoms with Crippen LogP contribution in [0.2, 0.25) is 0 Å². The van der Waals surface area contributed by atoms with Gasteiger partial charge in [0.25, 0.3) is 0 Å². The van der Waals surface area contributed by atoms with Gasteiger partial charge in [0.15, 0.2) is 0 Å². The number of nitrogens with zero attached hydrogens (tertiary/aromatic N) is 1. The Morgan fingerprint density at radius 2 is 1.94 bits per heavy atom. The van der Waals surface area contributed by atoms with Gasteiger partial charge in [-0.05, 0) is 12.8 Å². The lowest BCUT2D eigenvalue weighted by molar-refractivity contribution is -0.144. The predicted octanol–water partition coefficient (Wildman–Crippen LogP) is 0.981. The van der Waals surface area contributed by atoms with Crippen molar-refractivity contribution in [2.45, 2.75) is 32.7 Å². The molecule has 5 heteroatoms. The summed E-state index contributed by atoms with van der Waals surface area (Å²) in [7, 11) is 1.56. The fourth-order valence-corrected chi connectivity index (χ4v) is 1.78. The van der Waals surface area contributed by atoms with E-state index in [2.05, 4.69) is 0 Å². The predicted molar refractivity (Wildman–Crippen MR) is 62.6 cm³/mol. The number of aliphatic carboxylic acids is 1. The van der Waals surface area contributed by atoms with Gasteiger partial charge in [-0.25, -0.2) is 0 Å². The lowest BCUT2D eigenvalue weighted by Gasteiger charge is -2.27. The van der Waals surface area contributed by atoms with E-state index in [1.807, 2.05) is 6.92 Å². The Labute approximate surface area is 102 Å². The third-order valence-electron chi connectivity index (χ3n) is 3.00. The lowest BCUT2D eigenvalue weighted by atomic mass is 10.1. The lowest BCUT2D eigenvalue weighted by Crippen LogP contribution is -2.42. The number of methoxy groups -OCH3 is 1. The fourth-order valence-electron chi connectivity index (χ4n) is 1.78. The van der Waals surface area contributed by atoms with E-state index in [0.717, 1.165) is 12.8 Å². The molecule has 0 aromatic heterocycles. The van der Waals surface area contributed by atoms with Crippen LogP contribution < -0.4 is 0 Å². The molecular formula is C12H21NO4. The monoisotopic (exact) mass is 243 g/mol. The number of ether oxygens (including phenoxy) is 1. The Hall–Kier alpha value is -1.10. The normalized spacial score (nSPS) is 18.5. The molecule has 0 bridgehead atoms. The van der Waals surface area contributed by atoms with Crippen LogP contribution in [0.25, 0.3) is 0 Å². The SMILES string of the molecule is COCC(C)C(=O)N(CC(C)C(=O)O)C1CC1. The second-order valence-electron chi connectivity index (χ2n) is 4.82. The van der Waals surface area contributed by atoms with Crippen molar-refractivity contribution in [1.29, 1.82) is 0 Å². The zero-order valence-corrected chi connectivity index (χ0v) is 10.7. The zero-order valence-electron chi connectivity index (χ0n) is 10.7. The maximum absolute atomic E-state index is 12.1. The molecule has 17 heavy (non-hydrogen) atoms. The number of carboxylic acids is 1. The summed E-state index contributed by atoms with van der Waals surface area (Å²) in [6.07, 6.45) is 1.97. The highest BCUT2D eigenvalue weighted by Gasteiger charge is 2.36. The molecule has 0 aromatic carbocycles. The largest absolute Gasteiger partial charge is 0.481 e. The average molecular weight is 243 g/mol. The van der Waals surface area contributed by atoms with Crippen molar-refractivity contribution in [2.75, 3.05) is 20.3 Å². The Balaban J connectivity index is 2.59. The van der Waals surface area contributed by atoms with Crippen molar-refractivity contribution >= 4 is 11.9 Å². The molecule has 0 saturated heterocycles. The molecule has 0 aliphatic heterocycles. The van der Waals surface area contributed by atoms with Crippen LogP contribution in [0.1, 0.15) is 26.7 Å². The van der Waals surface area contributed by atoms with Crippen LogP contribution in [-0.4, -0.2) is 48.2 Å². The van der Waals surface area contributed by atoms with Crippen LogP contribution in [0.4, 0.5) is 0 Å². The first-order valence-corrected chi connectivity index (χ1v) is 5.99. The molecule has 0 heterocycles. The summed E-state index contributed by atoms with van der Waals surface area (Å²) in [6, 6.07) is 0.239. The maximum Gasteiger partial charge on any atom is 0.308 e. The number of hydrogen-bond acceptors (Lipinski definition) is 3. The molecule has 98 valence electrons. The highest BCUT2D eigenvalue weighted by Crippen LogP contribution is 2.29. The molecule has 1 amide bonds. The van der Waals surface area contributed by atoms with Crippen molar-refractivity contribution in [2.24, 2.45) is 11.8 Å². The molecule has 2 unspecified atom stereocenters. The van der Waals surface area contributed by atoms with Crippen molar-refractivity contribution in [3.05, 3.63) is 0 Å². The number of carbonyl (C=O) groups excluding carboxylic acids is 1. The van der Waals surface area contributed by atoms with E-state index in [-0.39, 0.29) is 17.9 Å². The van der Waals surface area contributed by atoms with E-state index in [1.54, 1.807) is 18.9 Å². The highest BCUT2D eigenvalue weighted by atomic mass is 16.5. The molecule has 0 aromatic rings. The molecule has 1 saturated carbocycles. The fraction of sp³-hybridized carbons (Fsp3) is 0.833. The molecule has 1 rings (SSSR count). The van der Waals surface area contributed by atoms with Crippen LogP contribution >= 0.6 is 0 Å². The summed E-state index contributed by atoms with van der Waals surface area (Å²) in [5.41, 5.74) is 0. The Bertz CT molecular complexity index is 288. The number of amides is 1. The van der Waals surface area contributed by atoms with E-state index in [9.17, 15) is 9.59 Å². The summed E-state index contributed by atoms with van der Waals surface area (Å²) < 4.78 is 4.96. The van der Waals surface area contributed by atoms with Gasteiger partial charge in [0.1, 0.15) is 0 Å². The van der Waals surface area contributed by atoms with Gasteiger partial charge < -0.3 is 14.7 Å². The molecule has 0 radical (unpaired) electrons. The molecule has 1 N–H and O–H groups in total. The Morgan fingerprint density at radius 1 is 1.35 bits per heavy atom. The van der Waals surface area contributed by atoms with Crippen LogP contribution in [0.3, 0.4) is 0 Å². The number of hydrogen-bond donors (Lipinski definition) is 1. The highest BCUT2D eigenvalue weighted by molar-refractivity contribution is 5.80. The first-order valence-electron chi connectivity index (χ1n) is 5.99. The third-order valence-corrected chi connectivity index (χ3v) is 3.00. The van der Waals surface area contributed by atoms with Gasteiger partial charge in [0.2, 0.25) is 5.91 Å². The summed E-state index contributed by atoms with van der Waals surface area (Å²) >= 11 is 0. The molecule has 1 aliphatic carbocycles. The first-order chi connectivity index (χ1) is 7.97. The number of carbonyl (C=O) groups is 2. The van der Waals surface area contributed by atoms with E-state index in [0.29, 0.717) is 13.2 Å². The van der Waals surface area contributed by atoms with Crippen LogP contribution in [0.5, 0.6) is 0 Å². The second kappa shape index (κ2) is 6.00. The van der Waals surface area contributed by atoms with Gasteiger partial charge in [0, 0.05) is 19.7 Å². The van der Waals surface area contributed by atoms with Gasteiger partial charge >= 0.3 is 5.97 Å². The number of carboxylic acid groups (broad SMARTS) is 1. The van der Waals surface area contributed by atoms with Crippen molar-refractivity contribution in [3.63, 3.8) is 0 Å². The van der Waals surface area contributed by atoms with Gasteiger partial charge in [-0.2, -0.15) is 0 Å². The standard InChI is InChI=1S/C12H21NO4/c1-8(12(15)16)6-13(10-4-5-10)11(14)9(2)7-17-3/h8-10H,4-7H2,1-3H3,(H,15,16). The van der Waals surface area contributed by atoms with E-state index < -0.39 is 11.9 Å². The smallest absolute Gasteiger partial charge is 0.308 e. The van der Waals surface area contributed by atoms with E-state index in [4.69, 9.17) is 9.84 Å². The summed E-state index contributed by atoms with van der Waals surface area (Å²) in [5, 5.41) is 8.89. The second-order valence-corrected chi connectivity index (χ2v) is 4.82. The Morgan fingerprint density at radius 3 is 2.35 bits per heavy atom. The van der Waals surface area contributed by atoms with E-state index in [1.165, 1.54) is 0 Å².